The Balaban J connectivity index is 1.75. The van der Waals surface area contributed by atoms with Crippen molar-refractivity contribution in [3.63, 3.8) is 0 Å². The third-order valence-corrected chi connectivity index (χ3v) is 5.40. The van der Waals surface area contributed by atoms with Crippen LogP contribution in [0.4, 0.5) is 5.82 Å². The SMILES string of the molecule is COc1ccc(/C=C/c2nc(N3CCOCC3)c3nc(Cl)c(Cl)cc3n2)cc1OC. The molecule has 3 aromatic rings. The molecule has 1 aromatic carbocycles. The molecule has 2 aromatic heterocycles. The van der Waals surface area contributed by atoms with Gasteiger partial charge in [0.1, 0.15) is 10.7 Å². The second-order valence-corrected chi connectivity index (χ2v) is 7.35. The molecule has 1 saturated heterocycles. The molecule has 0 unspecified atom stereocenters. The summed E-state index contributed by atoms with van der Waals surface area (Å²) in [6.45, 7) is 2.69. The number of ether oxygens (including phenoxy) is 3. The number of aromatic nitrogens is 3. The number of pyridine rings is 1. The fourth-order valence-corrected chi connectivity index (χ4v) is 3.50. The third-order valence-electron chi connectivity index (χ3n) is 4.72. The number of hydrogen-bond donors (Lipinski definition) is 0. The summed E-state index contributed by atoms with van der Waals surface area (Å²) in [7, 11) is 3.21. The van der Waals surface area contributed by atoms with E-state index in [0.717, 1.165) is 5.56 Å². The highest BCUT2D eigenvalue weighted by Crippen LogP contribution is 2.30. The van der Waals surface area contributed by atoms with Gasteiger partial charge in [-0.2, -0.15) is 0 Å². The van der Waals surface area contributed by atoms with Crippen molar-refractivity contribution >= 4 is 52.2 Å². The topological polar surface area (TPSA) is 69.6 Å². The van der Waals surface area contributed by atoms with Gasteiger partial charge in [0.05, 0.1) is 38.0 Å². The highest BCUT2D eigenvalue weighted by Gasteiger charge is 2.19. The summed E-state index contributed by atoms with van der Waals surface area (Å²) < 4.78 is 16.1. The molecule has 4 rings (SSSR count). The molecule has 9 heteroatoms. The maximum Gasteiger partial charge on any atom is 0.161 e. The molecule has 1 aliphatic heterocycles. The molecule has 156 valence electrons. The van der Waals surface area contributed by atoms with E-state index < -0.39 is 0 Å². The Morgan fingerprint density at radius 2 is 1.73 bits per heavy atom. The molecule has 0 saturated carbocycles. The standard InChI is InChI=1S/C21H20Cl2N4O3/c1-28-16-5-3-13(11-17(16)29-2)4-6-18-24-15-12-14(22)20(23)26-19(15)21(25-18)27-7-9-30-10-8-27/h3-6,11-12H,7-10H2,1-2H3/b6-4+. The van der Waals surface area contributed by atoms with Crippen molar-refractivity contribution in [3.05, 3.63) is 45.8 Å². The first kappa shape index (κ1) is 20.7. The molecule has 1 fully saturated rings. The average molecular weight is 447 g/mol. The van der Waals surface area contributed by atoms with E-state index in [4.69, 9.17) is 42.4 Å². The summed E-state index contributed by atoms with van der Waals surface area (Å²) in [4.78, 5) is 15.9. The van der Waals surface area contributed by atoms with Gasteiger partial charge in [-0.1, -0.05) is 35.3 Å². The van der Waals surface area contributed by atoms with Crippen LogP contribution in [-0.4, -0.2) is 55.5 Å². The van der Waals surface area contributed by atoms with Gasteiger partial charge in [-0.05, 0) is 29.8 Å². The van der Waals surface area contributed by atoms with Crippen LogP contribution in [0.5, 0.6) is 11.5 Å². The summed E-state index contributed by atoms with van der Waals surface area (Å²) in [6.07, 6.45) is 3.75. The normalized spacial score (nSPS) is 14.5. The van der Waals surface area contributed by atoms with Crippen LogP contribution in [0.1, 0.15) is 11.4 Å². The Bertz CT molecular complexity index is 1100. The van der Waals surface area contributed by atoms with Crippen molar-refractivity contribution in [2.45, 2.75) is 0 Å². The average Bonchev–Trinajstić information content (AvgIpc) is 2.78. The molecule has 0 amide bonds. The fraction of sp³-hybridized carbons (Fsp3) is 0.286. The van der Waals surface area contributed by atoms with Crippen molar-refractivity contribution in [1.82, 2.24) is 15.0 Å². The van der Waals surface area contributed by atoms with Crippen LogP contribution in [0, 0.1) is 0 Å². The molecule has 3 heterocycles. The molecule has 0 bridgehead atoms. The van der Waals surface area contributed by atoms with E-state index in [2.05, 4.69) is 14.9 Å². The van der Waals surface area contributed by atoms with Gasteiger partial charge < -0.3 is 19.1 Å². The molecule has 0 N–H and O–H groups in total. The minimum absolute atomic E-state index is 0.232. The van der Waals surface area contributed by atoms with Crippen LogP contribution in [0.3, 0.4) is 0 Å². The highest BCUT2D eigenvalue weighted by molar-refractivity contribution is 6.41. The zero-order valence-corrected chi connectivity index (χ0v) is 18.1. The van der Waals surface area contributed by atoms with Crippen LogP contribution < -0.4 is 14.4 Å². The summed E-state index contributed by atoms with van der Waals surface area (Å²) in [6, 6.07) is 7.38. The van der Waals surface area contributed by atoms with Crippen LogP contribution in [-0.2, 0) is 4.74 Å². The number of halogens is 2. The predicted molar refractivity (Wildman–Crippen MR) is 119 cm³/mol. The lowest BCUT2D eigenvalue weighted by Crippen LogP contribution is -2.37. The van der Waals surface area contributed by atoms with Gasteiger partial charge >= 0.3 is 0 Å². The summed E-state index contributed by atoms with van der Waals surface area (Å²) in [5.74, 6) is 2.58. The number of anilines is 1. The number of methoxy groups -OCH3 is 2. The van der Waals surface area contributed by atoms with E-state index in [1.165, 1.54) is 0 Å². The first-order valence-electron chi connectivity index (χ1n) is 9.35. The Labute approximate surface area is 184 Å². The zero-order chi connectivity index (χ0) is 21.1. The van der Waals surface area contributed by atoms with Gasteiger partial charge in [-0.15, -0.1) is 0 Å². The quantitative estimate of drug-likeness (QED) is 0.539. The Kier molecular flexibility index (Phi) is 6.22. The lowest BCUT2D eigenvalue weighted by Gasteiger charge is -2.28. The molecule has 30 heavy (non-hydrogen) atoms. The van der Waals surface area contributed by atoms with Crippen molar-refractivity contribution in [2.75, 3.05) is 45.4 Å². The number of hydrogen-bond acceptors (Lipinski definition) is 7. The summed E-state index contributed by atoms with van der Waals surface area (Å²) in [5, 5.41) is 0.585. The smallest absolute Gasteiger partial charge is 0.161 e. The van der Waals surface area contributed by atoms with Crippen molar-refractivity contribution in [3.8, 4) is 11.5 Å². The van der Waals surface area contributed by atoms with E-state index in [1.54, 1.807) is 20.3 Å². The minimum atomic E-state index is 0.232. The number of fused-ring (bicyclic) bond motifs is 1. The van der Waals surface area contributed by atoms with E-state index in [0.29, 0.717) is 65.5 Å². The first-order chi connectivity index (χ1) is 14.6. The molecule has 0 aliphatic carbocycles. The molecule has 7 nitrogen and oxygen atoms in total. The van der Waals surface area contributed by atoms with Crippen LogP contribution in [0.25, 0.3) is 23.2 Å². The Morgan fingerprint density at radius 1 is 0.967 bits per heavy atom. The van der Waals surface area contributed by atoms with E-state index in [1.807, 2.05) is 30.4 Å². The van der Waals surface area contributed by atoms with Gasteiger partial charge in [-0.25, -0.2) is 15.0 Å². The largest absolute Gasteiger partial charge is 0.493 e. The van der Waals surface area contributed by atoms with Crippen LogP contribution in [0.15, 0.2) is 24.3 Å². The lowest BCUT2D eigenvalue weighted by atomic mass is 10.2. The molecule has 0 radical (unpaired) electrons. The summed E-state index contributed by atoms with van der Waals surface area (Å²) >= 11 is 12.3. The number of morpholine rings is 1. The minimum Gasteiger partial charge on any atom is -0.493 e. The van der Waals surface area contributed by atoms with E-state index in [-0.39, 0.29) is 5.15 Å². The lowest BCUT2D eigenvalue weighted by molar-refractivity contribution is 0.122. The van der Waals surface area contributed by atoms with E-state index >= 15 is 0 Å². The van der Waals surface area contributed by atoms with E-state index in [9.17, 15) is 0 Å². The number of rotatable bonds is 5. The van der Waals surface area contributed by atoms with Gasteiger partial charge in [-0.3, -0.25) is 0 Å². The predicted octanol–water partition coefficient (Wildman–Crippen LogP) is 4.36. The van der Waals surface area contributed by atoms with Gasteiger partial charge in [0.2, 0.25) is 0 Å². The molecule has 0 spiro atoms. The first-order valence-corrected chi connectivity index (χ1v) is 10.1. The second-order valence-electron chi connectivity index (χ2n) is 6.58. The zero-order valence-electron chi connectivity index (χ0n) is 16.6. The Hall–Kier alpha value is -2.61. The highest BCUT2D eigenvalue weighted by atomic mass is 35.5. The molecular weight excluding hydrogens is 427 g/mol. The second kappa shape index (κ2) is 9.04. The van der Waals surface area contributed by atoms with Crippen molar-refractivity contribution in [1.29, 1.82) is 0 Å². The van der Waals surface area contributed by atoms with Crippen LogP contribution in [0.2, 0.25) is 10.2 Å². The van der Waals surface area contributed by atoms with Gasteiger partial charge in [0.15, 0.2) is 23.1 Å². The fourth-order valence-electron chi connectivity index (χ4n) is 3.21. The molecular formula is C21H20Cl2N4O3. The monoisotopic (exact) mass is 446 g/mol. The van der Waals surface area contributed by atoms with Crippen molar-refractivity contribution < 1.29 is 14.2 Å². The Morgan fingerprint density at radius 3 is 2.47 bits per heavy atom. The molecule has 1 aliphatic rings. The number of benzene rings is 1. The maximum atomic E-state index is 6.18. The number of nitrogens with zero attached hydrogens (tertiary/aromatic N) is 4. The van der Waals surface area contributed by atoms with Gasteiger partial charge in [0.25, 0.3) is 0 Å². The van der Waals surface area contributed by atoms with Gasteiger partial charge in [0, 0.05) is 13.1 Å². The molecule has 0 atom stereocenters. The van der Waals surface area contributed by atoms with Crippen LogP contribution >= 0.6 is 23.2 Å². The third kappa shape index (κ3) is 4.28. The summed E-state index contributed by atoms with van der Waals surface area (Å²) in [5.41, 5.74) is 2.18. The maximum absolute atomic E-state index is 6.18. The van der Waals surface area contributed by atoms with Crippen molar-refractivity contribution in [2.24, 2.45) is 0 Å².